The van der Waals surface area contributed by atoms with E-state index in [2.05, 4.69) is 43.4 Å². The maximum atomic E-state index is 11.5. The number of carbonyl (C=O) groups excluding carboxylic acids is 1. The Bertz CT molecular complexity index is 396. The van der Waals surface area contributed by atoms with E-state index in [9.17, 15) is 4.79 Å². The SMILES string of the molecule is CC(C)Cc1ccc(CCCC(=O)NCC(C)O)cc1. The lowest BCUT2D eigenvalue weighted by molar-refractivity contribution is -0.121. The van der Waals surface area contributed by atoms with Crippen LogP contribution >= 0.6 is 0 Å². The number of carbonyl (C=O) groups is 1. The van der Waals surface area contributed by atoms with Crippen molar-refractivity contribution in [3.8, 4) is 0 Å². The molecule has 1 aromatic carbocycles. The third-order valence-corrected chi connectivity index (χ3v) is 3.13. The number of benzene rings is 1. The number of aliphatic hydroxyl groups excluding tert-OH is 1. The van der Waals surface area contributed by atoms with Crippen molar-refractivity contribution in [2.45, 2.75) is 52.6 Å². The van der Waals surface area contributed by atoms with Crippen LogP contribution in [0.4, 0.5) is 0 Å². The number of hydrogen-bond acceptors (Lipinski definition) is 2. The van der Waals surface area contributed by atoms with Crippen LogP contribution in [-0.4, -0.2) is 23.7 Å². The van der Waals surface area contributed by atoms with Gasteiger partial charge in [0.05, 0.1) is 6.10 Å². The van der Waals surface area contributed by atoms with E-state index in [1.54, 1.807) is 6.92 Å². The van der Waals surface area contributed by atoms with Gasteiger partial charge in [-0.1, -0.05) is 38.1 Å². The highest BCUT2D eigenvalue weighted by Crippen LogP contribution is 2.11. The molecule has 3 heteroatoms. The Morgan fingerprint density at radius 2 is 1.75 bits per heavy atom. The first-order chi connectivity index (χ1) is 9.47. The summed E-state index contributed by atoms with van der Waals surface area (Å²) in [5, 5.41) is 11.8. The molecule has 3 nitrogen and oxygen atoms in total. The average Bonchev–Trinajstić information content (AvgIpc) is 2.38. The van der Waals surface area contributed by atoms with Gasteiger partial charge in [-0.2, -0.15) is 0 Å². The quantitative estimate of drug-likeness (QED) is 0.767. The molecule has 0 saturated heterocycles. The number of aryl methyl sites for hydroxylation is 1. The summed E-state index contributed by atoms with van der Waals surface area (Å²) < 4.78 is 0. The van der Waals surface area contributed by atoms with E-state index < -0.39 is 6.10 Å². The van der Waals surface area contributed by atoms with Gasteiger partial charge >= 0.3 is 0 Å². The standard InChI is InChI=1S/C17H27NO2/c1-13(2)11-16-9-7-15(8-10-16)5-4-6-17(20)18-12-14(3)19/h7-10,13-14,19H,4-6,11-12H2,1-3H3,(H,18,20). The van der Waals surface area contributed by atoms with Gasteiger partial charge in [0.25, 0.3) is 0 Å². The maximum absolute atomic E-state index is 11.5. The molecule has 2 N–H and O–H groups in total. The molecule has 0 aromatic heterocycles. The second kappa shape index (κ2) is 8.75. The van der Waals surface area contributed by atoms with Crippen LogP contribution in [0, 0.1) is 5.92 Å². The fourth-order valence-electron chi connectivity index (χ4n) is 2.12. The molecule has 0 spiro atoms. The van der Waals surface area contributed by atoms with E-state index >= 15 is 0 Å². The lowest BCUT2D eigenvalue weighted by Crippen LogP contribution is -2.30. The number of rotatable bonds is 8. The number of hydrogen-bond donors (Lipinski definition) is 2. The van der Waals surface area contributed by atoms with Crippen LogP contribution < -0.4 is 5.32 Å². The first kappa shape index (κ1) is 16.7. The zero-order valence-electron chi connectivity index (χ0n) is 12.9. The predicted octanol–water partition coefficient (Wildman–Crippen LogP) is 2.70. The van der Waals surface area contributed by atoms with E-state index in [0.29, 0.717) is 18.9 Å². The van der Waals surface area contributed by atoms with Gasteiger partial charge in [-0.05, 0) is 43.2 Å². The summed E-state index contributed by atoms with van der Waals surface area (Å²) >= 11 is 0. The summed E-state index contributed by atoms with van der Waals surface area (Å²) in [7, 11) is 0. The van der Waals surface area contributed by atoms with Crippen LogP contribution in [0.5, 0.6) is 0 Å². The fourth-order valence-corrected chi connectivity index (χ4v) is 2.12. The Kier molecular flexibility index (Phi) is 7.31. The minimum absolute atomic E-state index is 0.0160. The van der Waals surface area contributed by atoms with Crippen molar-refractivity contribution in [2.75, 3.05) is 6.54 Å². The van der Waals surface area contributed by atoms with E-state index in [4.69, 9.17) is 5.11 Å². The zero-order chi connectivity index (χ0) is 15.0. The molecule has 0 fully saturated rings. The molecule has 20 heavy (non-hydrogen) atoms. The third kappa shape index (κ3) is 7.29. The van der Waals surface area contributed by atoms with Crippen LogP contribution in [0.15, 0.2) is 24.3 Å². The minimum Gasteiger partial charge on any atom is -0.392 e. The van der Waals surface area contributed by atoms with Crippen molar-refractivity contribution >= 4 is 5.91 Å². The second-order valence-electron chi connectivity index (χ2n) is 5.92. The van der Waals surface area contributed by atoms with E-state index in [-0.39, 0.29) is 5.91 Å². The molecule has 1 amide bonds. The van der Waals surface area contributed by atoms with Crippen molar-refractivity contribution in [2.24, 2.45) is 5.92 Å². The predicted molar refractivity (Wildman–Crippen MR) is 82.6 cm³/mol. The molecule has 1 atom stereocenters. The third-order valence-electron chi connectivity index (χ3n) is 3.13. The number of amides is 1. The molecular weight excluding hydrogens is 250 g/mol. The molecule has 0 aliphatic heterocycles. The highest BCUT2D eigenvalue weighted by molar-refractivity contribution is 5.75. The lowest BCUT2D eigenvalue weighted by Gasteiger charge is -2.08. The van der Waals surface area contributed by atoms with Crippen molar-refractivity contribution < 1.29 is 9.90 Å². The van der Waals surface area contributed by atoms with Crippen LogP contribution in [0.25, 0.3) is 0 Å². The summed E-state index contributed by atoms with van der Waals surface area (Å²) in [5.41, 5.74) is 2.65. The summed E-state index contributed by atoms with van der Waals surface area (Å²) in [6, 6.07) is 8.68. The highest BCUT2D eigenvalue weighted by Gasteiger charge is 2.03. The molecule has 0 aliphatic rings. The van der Waals surface area contributed by atoms with Gasteiger partial charge in [0, 0.05) is 13.0 Å². The molecule has 0 heterocycles. The van der Waals surface area contributed by atoms with Gasteiger partial charge in [0.1, 0.15) is 0 Å². The Balaban J connectivity index is 2.26. The smallest absolute Gasteiger partial charge is 0.220 e. The van der Waals surface area contributed by atoms with Gasteiger partial charge in [0.15, 0.2) is 0 Å². The summed E-state index contributed by atoms with van der Waals surface area (Å²) in [6.45, 7) is 6.45. The molecule has 1 aromatic rings. The van der Waals surface area contributed by atoms with Crippen LogP contribution in [0.3, 0.4) is 0 Å². The lowest BCUT2D eigenvalue weighted by atomic mass is 10.00. The van der Waals surface area contributed by atoms with Crippen molar-refractivity contribution in [3.05, 3.63) is 35.4 Å². The summed E-state index contributed by atoms with van der Waals surface area (Å²) in [4.78, 5) is 11.5. The Hall–Kier alpha value is -1.35. The minimum atomic E-state index is -0.479. The van der Waals surface area contributed by atoms with Gasteiger partial charge in [-0.3, -0.25) is 4.79 Å². The molecule has 0 radical (unpaired) electrons. The van der Waals surface area contributed by atoms with E-state index in [1.165, 1.54) is 11.1 Å². The van der Waals surface area contributed by atoms with Gasteiger partial charge in [0.2, 0.25) is 5.91 Å². The van der Waals surface area contributed by atoms with Gasteiger partial charge in [-0.25, -0.2) is 0 Å². The number of aliphatic hydroxyl groups is 1. The second-order valence-corrected chi connectivity index (χ2v) is 5.92. The van der Waals surface area contributed by atoms with Crippen LogP contribution in [-0.2, 0) is 17.6 Å². The first-order valence-corrected chi connectivity index (χ1v) is 7.50. The zero-order valence-corrected chi connectivity index (χ0v) is 12.9. The van der Waals surface area contributed by atoms with E-state index in [0.717, 1.165) is 19.3 Å². The molecule has 112 valence electrons. The van der Waals surface area contributed by atoms with Gasteiger partial charge < -0.3 is 10.4 Å². The molecule has 1 rings (SSSR count). The molecule has 0 saturated carbocycles. The van der Waals surface area contributed by atoms with Crippen LogP contribution in [0.2, 0.25) is 0 Å². The average molecular weight is 277 g/mol. The molecular formula is C17H27NO2. The monoisotopic (exact) mass is 277 g/mol. The maximum Gasteiger partial charge on any atom is 0.220 e. The van der Waals surface area contributed by atoms with Crippen molar-refractivity contribution in [3.63, 3.8) is 0 Å². The summed E-state index contributed by atoms with van der Waals surface area (Å²) in [6.07, 6.45) is 2.91. The molecule has 0 bridgehead atoms. The fraction of sp³-hybridized carbons (Fsp3) is 0.588. The molecule has 0 aliphatic carbocycles. The Labute approximate surface area is 122 Å². The van der Waals surface area contributed by atoms with Gasteiger partial charge in [-0.15, -0.1) is 0 Å². The Morgan fingerprint density at radius 1 is 1.15 bits per heavy atom. The molecule has 1 unspecified atom stereocenters. The number of nitrogens with one attached hydrogen (secondary N) is 1. The topological polar surface area (TPSA) is 49.3 Å². The largest absolute Gasteiger partial charge is 0.392 e. The Morgan fingerprint density at radius 3 is 2.30 bits per heavy atom. The first-order valence-electron chi connectivity index (χ1n) is 7.50. The van der Waals surface area contributed by atoms with E-state index in [1.807, 2.05) is 0 Å². The highest BCUT2D eigenvalue weighted by atomic mass is 16.3. The van der Waals surface area contributed by atoms with Crippen molar-refractivity contribution in [1.82, 2.24) is 5.32 Å². The van der Waals surface area contributed by atoms with Crippen LogP contribution in [0.1, 0.15) is 44.7 Å². The van der Waals surface area contributed by atoms with Crippen molar-refractivity contribution in [1.29, 1.82) is 0 Å². The summed E-state index contributed by atoms with van der Waals surface area (Å²) in [5.74, 6) is 0.695. The normalized spacial score (nSPS) is 12.4.